The first kappa shape index (κ1) is 20.4. The maximum atomic E-state index is 5.92. The standard InChI is InChI=1S/C20H33N3O3/c1-24-18-10-9-16(15-19(18)25-2)11-12-22-20(21)23-13-14-26-17-7-5-3-4-6-8-17/h9-10,15,17H,3-8,11-14H2,1-2H3,(H3,21,22,23). The van der Waals surface area contributed by atoms with Crippen molar-refractivity contribution in [1.29, 1.82) is 0 Å². The summed E-state index contributed by atoms with van der Waals surface area (Å²) in [4.78, 5) is 4.34. The number of hydrogen-bond acceptors (Lipinski definition) is 4. The normalized spacial score (nSPS) is 16.2. The third-order valence-corrected chi connectivity index (χ3v) is 4.70. The molecule has 0 bridgehead atoms. The van der Waals surface area contributed by atoms with E-state index in [9.17, 15) is 0 Å². The summed E-state index contributed by atoms with van der Waals surface area (Å²) in [6.45, 7) is 1.96. The van der Waals surface area contributed by atoms with E-state index < -0.39 is 0 Å². The first-order valence-electron chi connectivity index (χ1n) is 9.59. The van der Waals surface area contributed by atoms with Crippen LogP contribution in [0.4, 0.5) is 0 Å². The largest absolute Gasteiger partial charge is 0.493 e. The molecule has 0 heterocycles. The van der Waals surface area contributed by atoms with Crippen LogP contribution in [0.1, 0.15) is 44.1 Å². The number of benzene rings is 1. The lowest BCUT2D eigenvalue weighted by molar-refractivity contribution is 0.0487. The Kier molecular flexibility index (Phi) is 9.10. The van der Waals surface area contributed by atoms with E-state index >= 15 is 0 Å². The molecule has 146 valence electrons. The average Bonchev–Trinajstić information content (AvgIpc) is 2.94. The topological polar surface area (TPSA) is 78.1 Å². The summed E-state index contributed by atoms with van der Waals surface area (Å²) in [6.07, 6.45) is 8.86. The van der Waals surface area contributed by atoms with Gasteiger partial charge >= 0.3 is 0 Å². The SMILES string of the molecule is COc1ccc(CCNC(N)=NCCOC2CCCCCC2)cc1OC. The lowest BCUT2D eigenvalue weighted by Crippen LogP contribution is -2.33. The lowest BCUT2D eigenvalue weighted by atomic mass is 10.1. The van der Waals surface area contributed by atoms with Gasteiger partial charge in [-0.2, -0.15) is 0 Å². The number of guanidine groups is 1. The molecule has 1 aromatic rings. The minimum Gasteiger partial charge on any atom is -0.493 e. The van der Waals surface area contributed by atoms with Crippen LogP contribution in [0.3, 0.4) is 0 Å². The number of nitrogens with zero attached hydrogens (tertiary/aromatic N) is 1. The van der Waals surface area contributed by atoms with Gasteiger partial charge in [-0.25, -0.2) is 0 Å². The van der Waals surface area contributed by atoms with E-state index in [1.165, 1.54) is 38.5 Å². The average molecular weight is 364 g/mol. The van der Waals surface area contributed by atoms with Crippen LogP contribution in [0, 0.1) is 0 Å². The molecule has 6 heteroatoms. The van der Waals surface area contributed by atoms with Gasteiger partial charge < -0.3 is 25.3 Å². The van der Waals surface area contributed by atoms with Crippen molar-refractivity contribution >= 4 is 5.96 Å². The minimum atomic E-state index is 0.409. The van der Waals surface area contributed by atoms with Crippen molar-refractivity contribution in [2.24, 2.45) is 10.7 Å². The van der Waals surface area contributed by atoms with E-state index in [1.807, 2.05) is 18.2 Å². The molecule has 1 aliphatic rings. The Hall–Kier alpha value is -1.95. The summed E-state index contributed by atoms with van der Waals surface area (Å²) in [5.74, 6) is 1.94. The molecule has 1 saturated carbocycles. The van der Waals surface area contributed by atoms with Gasteiger partial charge in [0.15, 0.2) is 17.5 Å². The molecule has 0 amide bonds. The smallest absolute Gasteiger partial charge is 0.188 e. The molecule has 1 aromatic carbocycles. The Morgan fingerprint density at radius 2 is 1.85 bits per heavy atom. The molecule has 6 nitrogen and oxygen atoms in total. The van der Waals surface area contributed by atoms with Gasteiger partial charge in [0.05, 0.1) is 33.5 Å². The highest BCUT2D eigenvalue weighted by molar-refractivity contribution is 5.77. The molecule has 2 rings (SSSR count). The number of nitrogens with two attached hydrogens (primary N) is 1. The predicted molar refractivity (Wildman–Crippen MR) is 105 cm³/mol. The predicted octanol–water partition coefficient (Wildman–Crippen LogP) is 2.89. The third-order valence-electron chi connectivity index (χ3n) is 4.70. The Morgan fingerprint density at radius 3 is 2.54 bits per heavy atom. The van der Waals surface area contributed by atoms with E-state index in [0.29, 0.717) is 31.8 Å². The maximum absolute atomic E-state index is 5.92. The minimum absolute atomic E-state index is 0.409. The highest BCUT2D eigenvalue weighted by Crippen LogP contribution is 2.27. The zero-order valence-corrected chi connectivity index (χ0v) is 16.1. The van der Waals surface area contributed by atoms with Crippen LogP contribution in [-0.2, 0) is 11.2 Å². The van der Waals surface area contributed by atoms with Crippen LogP contribution in [0.5, 0.6) is 11.5 Å². The number of rotatable bonds is 9. The molecule has 0 aliphatic heterocycles. The van der Waals surface area contributed by atoms with Crippen molar-refractivity contribution in [3.05, 3.63) is 23.8 Å². The fourth-order valence-corrected chi connectivity index (χ4v) is 3.22. The first-order valence-corrected chi connectivity index (χ1v) is 9.59. The van der Waals surface area contributed by atoms with Crippen molar-refractivity contribution in [2.45, 2.75) is 51.0 Å². The van der Waals surface area contributed by atoms with Crippen molar-refractivity contribution in [3.8, 4) is 11.5 Å². The maximum Gasteiger partial charge on any atom is 0.188 e. The van der Waals surface area contributed by atoms with Crippen LogP contribution in [-0.4, -0.2) is 46.0 Å². The van der Waals surface area contributed by atoms with Gasteiger partial charge in [-0.3, -0.25) is 4.99 Å². The first-order chi connectivity index (χ1) is 12.7. The highest BCUT2D eigenvalue weighted by Gasteiger charge is 2.11. The zero-order chi connectivity index (χ0) is 18.6. The van der Waals surface area contributed by atoms with Gasteiger partial charge in [0.25, 0.3) is 0 Å². The van der Waals surface area contributed by atoms with Crippen LogP contribution in [0.2, 0.25) is 0 Å². The highest BCUT2D eigenvalue weighted by atomic mass is 16.5. The monoisotopic (exact) mass is 363 g/mol. The number of methoxy groups -OCH3 is 2. The second-order valence-corrected chi connectivity index (χ2v) is 6.62. The van der Waals surface area contributed by atoms with Gasteiger partial charge in [0.2, 0.25) is 0 Å². The fraction of sp³-hybridized carbons (Fsp3) is 0.650. The van der Waals surface area contributed by atoms with E-state index in [0.717, 1.165) is 23.5 Å². The van der Waals surface area contributed by atoms with Crippen molar-refractivity contribution < 1.29 is 14.2 Å². The lowest BCUT2D eigenvalue weighted by Gasteiger charge is -2.14. The summed E-state index contributed by atoms with van der Waals surface area (Å²) in [7, 11) is 3.28. The van der Waals surface area contributed by atoms with Gasteiger partial charge in [-0.1, -0.05) is 31.7 Å². The van der Waals surface area contributed by atoms with E-state index in [2.05, 4.69) is 10.3 Å². The molecule has 0 radical (unpaired) electrons. The molecule has 0 atom stereocenters. The van der Waals surface area contributed by atoms with Crippen LogP contribution < -0.4 is 20.5 Å². The molecule has 0 saturated heterocycles. The fourth-order valence-electron chi connectivity index (χ4n) is 3.22. The summed E-state index contributed by atoms with van der Waals surface area (Å²) in [6, 6.07) is 5.92. The summed E-state index contributed by atoms with van der Waals surface area (Å²) in [5.41, 5.74) is 7.07. The van der Waals surface area contributed by atoms with Crippen LogP contribution >= 0.6 is 0 Å². The van der Waals surface area contributed by atoms with Gasteiger partial charge in [-0.15, -0.1) is 0 Å². The van der Waals surface area contributed by atoms with Crippen molar-refractivity contribution in [3.63, 3.8) is 0 Å². The van der Waals surface area contributed by atoms with Crippen molar-refractivity contribution in [1.82, 2.24) is 5.32 Å². The zero-order valence-electron chi connectivity index (χ0n) is 16.1. The molecule has 26 heavy (non-hydrogen) atoms. The molecule has 0 unspecified atom stereocenters. The van der Waals surface area contributed by atoms with Gasteiger partial charge in [0.1, 0.15) is 0 Å². The number of ether oxygens (including phenoxy) is 3. The Labute approximate surface area is 157 Å². The third kappa shape index (κ3) is 7.12. The van der Waals surface area contributed by atoms with Crippen LogP contribution in [0.25, 0.3) is 0 Å². The summed E-state index contributed by atoms with van der Waals surface area (Å²) in [5, 5.41) is 3.15. The Morgan fingerprint density at radius 1 is 1.12 bits per heavy atom. The molecule has 3 N–H and O–H groups in total. The molecular formula is C20H33N3O3. The number of aliphatic imine (C=N–C) groups is 1. The second kappa shape index (κ2) is 11.6. The quantitative estimate of drug-likeness (QED) is 0.305. The second-order valence-electron chi connectivity index (χ2n) is 6.62. The van der Waals surface area contributed by atoms with Gasteiger partial charge in [0, 0.05) is 6.54 Å². The molecule has 1 aliphatic carbocycles. The molecular weight excluding hydrogens is 330 g/mol. The van der Waals surface area contributed by atoms with E-state index in [1.54, 1.807) is 14.2 Å². The Balaban J connectivity index is 1.64. The number of hydrogen-bond donors (Lipinski definition) is 2. The summed E-state index contributed by atoms with van der Waals surface area (Å²) >= 11 is 0. The van der Waals surface area contributed by atoms with E-state index in [-0.39, 0.29) is 0 Å². The van der Waals surface area contributed by atoms with Crippen LogP contribution in [0.15, 0.2) is 23.2 Å². The van der Waals surface area contributed by atoms with E-state index in [4.69, 9.17) is 19.9 Å². The molecule has 0 aromatic heterocycles. The summed E-state index contributed by atoms with van der Waals surface area (Å²) < 4.78 is 16.5. The Bertz CT molecular complexity index is 555. The molecule has 0 spiro atoms. The van der Waals surface area contributed by atoms with Crippen molar-refractivity contribution in [2.75, 3.05) is 33.9 Å². The van der Waals surface area contributed by atoms with Gasteiger partial charge in [-0.05, 0) is 37.0 Å². The molecule has 1 fully saturated rings. The number of nitrogens with one attached hydrogen (secondary N) is 1.